The zero-order chi connectivity index (χ0) is 16.7. The molecule has 0 fully saturated rings. The van der Waals surface area contributed by atoms with Gasteiger partial charge in [-0.25, -0.2) is 4.99 Å². The van der Waals surface area contributed by atoms with Gasteiger partial charge in [0.2, 0.25) is 0 Å². The molecule has 2 rings (SSSR count). The molecule has 3 N–H and O–H groups in total. The molecule has 0 aliphatic heterocycles. The number of nitriles is 1. The predicted molar refractivity (Wildman–Crippen MR) is 94.8 cm³/mol. The van der Waals surface area contributed by atoms with Gasteiger partial charge in [-0.3, -0.25) is 0 Å². The van der Waals surface area contributed by atoms with Gasteiger partial charge in [0.1, 0.15) is 0 Å². The molecule has 23 heavy (non-hydrogen) atoms. The molecule has 0 amide bonds. The van der Waals surface area contributed by atoms with E-state index in [0.29, 0.717) is 24.1 Å². The van der Waals surface area contributed by atoms with Gasteiger partial charge >= 0.3 is 0 Å². The second kappa shape index (κ2) is 8.00. The van der Waals surface area contributed by atoms with E-state index in [1.807, 2.05) is 48.5 Å². The quantitative estimate of drug-likeness (QED) is 0.656. The van der Waals surface area contributed by atoms with Crippen LogP contribution in [0.25, 0.3) is 11.1 Å². The number of benzene rings is 2. The van der Waals surface area contributed by atoms with E-state index in [4.69, 9.17) is 5.73 Å². The van der Waals surface area contributed by atoms with E-state index in [1.54, 1.807) is 0 Å². The molecular weight excluding hydrogens is 284 g/mol. The highest BCUT2D eigenvalue weighted by molar-refractivity contribution is 5.78. The van der Waals surface area contributed by atoms with Crippen molar-refractivity contribution in [2.45, 2.75) is 32.9 Å². The maximum atomic E-state index is 9.18. The molecule has 1 atom stereocenters. The van der Waals surface area contributed by atoms with Gasteiger partial charge in [0, 0.05) is 6.04 Å². The van der Waals surface area contributed by atoms with Crippen molar-refractivity contribution in [2.75, 3.05) is 0 Å². The molecule has 0 heterocycles. The number of nitrogens with zero attached hydrogens (tertiary/aromatic N) is 2. The Bertz CT molecular complexity index is 711. The van der Waals surface area contributed by atoms with Crippen LogP contribution in [-0.2, 0) is 6.54 Å². The van der Waals surface area contributed by atoms with Gasteiger partial charge in [-0.05, 0) is 36.1 Å². The summed E-state index contributed by atoms with van der Waals surface area (Å²) in [6, 6.07) is 18.2. The van der Waals surface area contributed by atoms with Crippen molar-refractivity contribution in [3.8, 4) is 17.2 Å². The molecule has 2 aromatic carbocycles. The summed E-state index contributed by atoms with van der Waals surface area (Å²) in [6.45, 7) is 4.71. The highest BCUT2D eigenvalue weighted by Crippen LogP contribution is 2.23. The Kier molecular flexibility index (Phi) is 5.76. The molecule has 0 bridgehead atoms. The number of nitrogens with two attached hydrogens (primary N) is 1. The number of rotatable bonds is 5. The summed E-state index contributed by atoms with van der Waals surface area (Å²) < 4.78 is 0. The smallest absolute Gasteiger partial charge is 0.189 e. The van der Waals surface area contributed by atoms with Gasteiger partial charge in [0.25, 0.3) is 0 Å². The molecule has 0 aromatic heterocycles. The normalized spacial score (nSPS) is 12.5. The highest BCUT2D eigenvalue weighted by atomic mass is 15.1. The van der Waals surface area contributed by atoms with E-state index < -0.39 is 0 Å². The van der Waals surface area contributed by atoms with E-state index in [1.165, 1.54) is 0 Å². The molecule has 0 aliphatic carbocycles. The summed E-state index contributed by atoms with van der Waals surface area (Å²) in [4.78, 5) is 4.35. The Hall–Kier alpha value is -2.80. The third kappa shape index (κ3) is 4.58. The first-order valence-electron chi connectivity index (χ1n) is 7.79. The van der Waals surface area contributed by atoms with Gasteiger partial charge in [0.15, 0.2) is 5.96 Å². The Morgan fingerprint density at radius 3 is 2.57 bits per heavy atom. The average Bonchev–Trinajstić information content (AvgIpc) is 2.60. The summed E-state index contributed by atoms with van der Waals surface area (Å²) in [5, 5.41) is 12.3. The van der Waals surface area contributed by atoms with E-state index in [-0.39, 0.29) is 0 Å². The largest absolute Gasteiger partial charge is 0.370 e. The molecular formula is C19H22N4. The van der Waals surface area contributed by atoms with Crippen molar-refractivity contribution in [2.24, 2.45) is 10.7 Å². The lowest BCUT2D eigenvalue weighted by Crippen LogP contribution is -2.38. The minimum absolute atomic E-state index is 0.323. The summed E-state index contributed by atoms with van der Waals surface area (Å²) in [6.07, 6.45) is 1.00. The first-order valence-corrected chi connectivity index (χ1v) is 7.79. The van der Waals surface area contributed by atoms with Crippen molar-refractivity contribution in [3.05, 3.63) is 59.7 Å². The van der Waals surface area contributed by atoms with Crippen LogP contribution in [0.5, 0.6) is 0 Å². The first-order chi connectivity index (χ1) is 11.1. The molecule has 0 aliphatic rings. The predicted octanol–water partition coefficient (Wildman–Crippen LogP) is 3.43. The fraction of sp³-hybridized carbons (Fsp3) is 0.263. The number of hydrogen-bond donors (Lipinski definition) is 2. The maximum Gasteiger partial charge on any atom is 0.189 e. The van der Waals surface area contributed by atoms with Crippen LogP contribution in [0, 0.1) is 11.3 Å². The molecule has 118 valence electrons. The number of guanidine groups is 1. The number of nitrogens with one attached hydrogen (secondary N) is 1. The van der Waals surface area contributed by atoms with Crippen LogP contribution in [0.1, 0.15) is 31.4 Å². The monoisotopic (exact) mass is 306 g/mol. The maximum absolute atomic E-state index is 9.18. The van der Waals surface area contributed by atoms with Crippen LogP contribution >= 0.6 is 0 Å². The zero-order valence-electron chi connectivity index (χ0n) is 13.6. The van der Waals surface area contributed by atoms with Crippen LogP contribution in [0.15, 0.2) is 53.5 Å². The second-order valence-electron chi connectivity index (χ2n) is 5.51. The lowest BCUT2D eigenvalue weighted by atomic mass is 9.99. The van der Waals surface area contributed by atoms with Gasteiger partial charge in [0.05, 0.1) is 18.2 Å². The molecule has 2 aromatic rings. The topological polar surface area (TPSA) is 74.2 Å². The van der Waals surface area contributed by atoms with Crippen molar-refractivity contribution in [1.82, 2.24) is 5.32 Å². The molecule has 4 nitrogen and oxygen atoms in total. The van der Waals surface area contributed by atoms with Crippen molar-refractivity contribution in [3.63, 3.8) is 0 Å². The van der Waals surface area contributed by atoms with Gasteiger partial charge in [-0.15, -0.1) is 0 Å². The fourth-order valence-electron chi connectivity index (χ4n) is 2.20. The van der Waals surface area contributed by atoms with E-state index in [0.717, 1.165) is 23.1 Å². The number of aliphatic imine (C=N–C) groups is 1. The highest BCUT2D eigenvalue weighted by Gasteiger charge is 2.04. The van der Waals surface area contributed by atoms with E-state index in [2.05, 4.69) is 30.2 Å². The second-order valence-corrected chi connectivity index (χ2v) is 5.51. The third-order valence-electron chi connectivity index (χ3n) is 3.75. The zero-order valence-corrected chi connectivity index (χ0v) is 13.6. The molecule has 0 radical (unpaired) electrons. The Balaban J connectivity index is 2.08. The van der Waals surface area contributed by atoms with Crippen molar-refractivity contribution in [1.29, 1.82) is 5.26 Å². The standard InChI is InChI=1S/C19H22N4/c1-3-14(2)23-19(21)22-13-15-8-10-16(11-9-15)18-7-5-4-6-17(18)12-20/h4-11,14H,3,13H2,1-2H3,(H3,21,22,23). The first kappa shape index (κ1) is 16.6. The van der Waals surface area contributed by atoms with Crippen LogP contribution in [0.2, 0.25) is 0 Å². The minimum atomic E-state index is 0.323. The Morgan fingerprint density at radius 2 is 1.91 bits per heavy atom. The summed E-state index contributed by atoms with van der Waals surface area (Å²) in [7, 11) is 0. The molecule has 1 unspecified atom stereocenters. The van der Waals surface area contributed by atoms with E-state index >= 15 is 0 Å². The molecule has 0 saturated carbocycles. The van der Waals surface area contributed by atoms with Gasteiger partial charge in [-0.1, -0.05) is 49.4 Å². The van der Waals surface area contributed by atoms with Crippen molar-refractivity contribution >= 4 is 5.96 Å². The van der Waals surface area contributed by atoms with Crippen LogP contribution in [-0.4, -0.2) is 12.0 Å². The van der Waals surface area contributed by atoms with Crippen molar-refractivity contribution < 1.29 is 0 Å². The SMILES string of the molecule is CCC(C)NC(N)=NCc1ccc(-c2ccccc2C#N)cc1. The third-order valence-corrected chi connectivity index (χ3v) is 3.75. The average molecular weight is 306 g/mol. The molecule has 4 heteroatoms. The Labute approximate surface area is 137 Å². The fourth-order valence-corrected chi connectivity index (χ4v) is 2.20. The minimum Gasteiger partial charge on any atom is -0.370 e. The van der Waals surface area contributed by atoms with Crippen LogP contribution < -0.4 is 11.1 Å². The molecule has 0 spiro atoms. The van der Waals surface area contributed by atoms with Gasteiger partial charge < -0.3 is 11.1 Å². The Morgan fingerprint density at radius 1 is 1.22 bits per heavy atom. The van der Waals surface area contributed by atoms with Gasteiger partial charge in [-0.2, -0.15) is 5.26 Å². The molecule has 0 saturated heterocycles. The van der Waals surface area contributed by atoms with Crippen LogP contribution in [0.3, 0.4) is 0 Å². The summed E-state index contributed by atoms with van der Waals surface area (Å²) in [5.74, 6) is 0.471. The van der Waals surface area contributed by atoms with E-state index in [9.17, 15) is 5.26 Å². The summed E-state index contributed by atoms with van der Waals surface area (Å²) >= 11 is 0. The number of hydrogen-bond acceptors (Lipinski definition) is 2. The lowest BCUT2D eigenvalue weighted by molar-refractivity contribution is 0.636. The lowest BCUT2D eigenvalue weighted by Gasteiger charge is -2.11. The summed E-state index contributed by atoms with van der Waals surface area (Å²) in [5.41, 5.74) is 9.60. The van der Waals surface area contributed by atoms with Crippen LogP contribution in [0.4, 0.5) is 0 Å².